The molecule has 0 aliphatic rings. The van der Waals surface area contributed by atoms with Gasteiger partial charge in [0.25, 0.3) is 0 Å². The normalized spacial score (nSPS) is 12.4. The van der Waals surface area contributed by atoms with Crippen molar-refractivity contribution in [1.29, 1.82) is 0 Å². The summed E-state index contributed by atoms with van der Waals surface area (Å²) in [5.74, 6) is 0.878. The first-order valence-electron chi connectivity index (χ1n) is 6.39. The maximum Gasteiger partial charge on any atom is 0.122 e. The number of methoxy groups -OCH3 is 1. The van der Waals surface area contributed by atoms with Gasteiger partial charge in [0.05, 0.1) is 21.8 Å². The zero-order chi connectivity index (χ0) is 14.7. The highest BCUT2D eigenvalue weighted by atomic mass is 35.5. The first-order chi connectivity index (χ1) is 9.56. The van der Waals surface area contributed by atoms with Crippen molar-refractivity contribution in [3.63, 3.8) is 0 Å². The van der Waals surface area contributed by atoms with Crippen molar-refractivity contribution < 1.29 is 4.74 Å². The molecule has 2 rings (SSSR count). The molecule has 0 aliphatic heterocycles. The van der Waals surface area contributed by atoms with Crippen LogP contribution < -0.4 is 10.1 Å². The summed E-state index contributed by atoms with van der Waals surface area (Å²) in [6, 6.07) is 8.14. The van der Waals surface area contributed by atoms with Crippen LogP contribution in [0.2, 0.25) is 8.67 Å². The predicted octanol–water partition coefficient (Wildman–Crippen LogP) is 5.07. The molecule has 5 heteroatoms. The zero-order valence-corrected chi connectivity index (χ0v) is 14.0. The Morgan fingerprint density at radius 1 is 1.30 bits per heavy atom. The van der Waals surface area contributed by atoms with E-state index in [9.17, 15) is 0 Å². The van der Waals surface area contributed by atoms with Gasteiger partial charge in [-0.05, 0) is 36.7 Å². The van der Waals surface area contributed by atoms with Crippen LogP contribution in [0.5, 0.6) is 5.75 Å². The smallest absolute Gasteiger partial charge is 0.122 e. The lowest BCUT2D eigenvalue weighted by Crippen LogP contribution is -2.21. The molecule has 0 radical (unpaired) electrons. The van der Waals surface area contributed by atoms with Gasteiger partial charge in [0.2, 0.25) is 0 Å². The minimum absolute atomic E-state index is 0.0192. The van der Waals surface area contributed by atoms with Gasteiger partial charge in [0.15, 0.2) is 0 Å². The fourth-order valence-electron chi connectivity index (χ4n) is 2.18. The van der Waals surface area contributed by atoms with Crippen LogP contribution in [-0.4, -0.2) is 13.7 Å². The van der Waals surface area contributed by atoms with Crippen molar-refractivity contribution in [3.05, 3.63) is 49.6 Å². The largest absolute Gasteiger partial charge is 0.496 e. The topological polar surface area (TPSA) is 21.3 Å². The second kappa shape index (κ2) is 6.81. The minimum Gasteiger partial charge on any atom is -0.496 e. The van der Waals surface area contributed by atoms with Crippen molar-refractivity contribution in [2.24, 2.45) is 0 Å². The summed E-state index contributed by atoms with van der Waals surface area (Å²) in [6.07, 6.45) is 0. The van der Waals surface area contributed by atoms with E-state index in [1.807, 2.05) is 19.1 Å². The molecule has 2 aromatic rings. The van der Waals surface area contributed by atoms with Crippen molar-refractivity contribution in [2.75, 3.05) is 13.7 Å². The van der Waals surface area contributed by atoms with Crippen LogP contribution in [0.15, 0.2) is 24.3 Å². The zero-order valence-electron chi connectivity index (χ0n) is 11.7. The summed E-state index contributed by atoms with van der Waals surface area (Å²) in [4.78, 5) is 0. The second-order valence-corrected chi connectivity index (χ2v) is 6.78. The fraction of sp³-hybridized carbons (Fsp3) is 0.333. The lowest BCUT2D eigenvalue weighted by Gasteiger charge is -2.19. The van der Waals surface area contributed by atoms with E-state index in [1.54, 1.807) is 7.11 Å². The molecule has 20 heavy (non-hydrogen) atoms. The van der Waals surface area contributed by atoms with Gasteiger partial charge in [0.1, 0.15) is 5.75 Å². The lowest BCUT2D eigenvalue weighted by molar-refractivity contribution is 0.410. The number of aryl methyl sites for hydroxylation is 1. The van der Waals surface area contributed by atoms with E-state index in [2.05, 4.69) is 24.4 Å². The third-order valence-corrected chi connectivity index (χ3v) is 4.69. The molecule has 1 aromatic heterocycles. The number of hydrogen-bond acceptors (Lipinski definition) is 3. The van der Waals surface area contributed by atoms with Crippen LogP contribution in [-0.2, 0) is 0 Å². The van der Waals surface area contributed by atoms with E-state index in [-0.39, 0.29) is 6.04 Å². The summed E-state index contributed by atoms with van der Waals surface area (Å²) in [7, 11) is 1.68. The molecule has 0 bridgehead atoms. The van der Waals surface area contributed by atoms with Gasteiger partial charge in [-0.3, -0.25) is 0 Å². The van der Waals surface area contributed by atoms with E-state index in [0.717, 1.165) is 33.3 Å². The number of nitrogens with one attached hydrogen (secondary N) is 1. The van der Waals surface area contributed by atoms with Crippen molar-refractivity contribution in [3.8, 4) is 5.75 Å². The number of ether oxygens (including phenoxy) is 1. The fourth-order valence-corrected chi connectivity index (χ4v) is 3.71. The van der Waals surface area contributed by atoms with Gasteiger partial charge in [-0.2, -0.15) is 0 Å². The number of rotatable bonds is 5. The quantitative estimate of drug-likeness (QED) is 0.826. The van der Waals surface area contributed by atoms with Crippen LogP contribution in [0.4, 0.5) is 0 Å². The molecule has 0 saturated heterocycles. The summed E-state index contributed by atoms with van der Waals surface area (Å²) in [5.41, 5.74) is 3.24. The minimum atomic E-state index is 0.0192. The van der Waals surface area contributed by atoms with Gasteiger partial charge in [-0.1, -0.05) is 42.3 Å². The number of halogens is 2. The van der Waals surface area contributed by atoms with Crippen LogP contribution in [0.25, 0.3) is 0 Å². The van der Waals surface area contributed by atoms with E-state index >= 15 is 0 Å². The molecule has 1 atom stereocenters. The maximum atomic E-state index is 6.29. The number of benzene rings is 1. The third kappa shape index (κ3) is 3.29. The van der Waals surface area contributed by atoms with E-state index in [1.165, 1.54) is 11.3 Å². The van der Waals surface area contributed by atoms with Crippen molar-refractivity contribution in [1.82, 2.24) is 5.32 Å². The lowest BCUT2D eigenvalue weighted by atomic mass is 9.99. The van der Waals surface area contributed by atoms with E-state index < -0.39 is 0 Å². The van der Waals surface area contributed by atoms with Gasteiger partial charge >= 0.3 is 0 Å². The Morgan fingerprint density at radius 2 is 2.05 bits per heavy atom. The highest BCUT2D eigenvalue weighted by molar-refractivity contribution is 7.20. The van der Waals surface area contributed by atoms with Gasteiger partial charge in [-0.25, -0.2) is 0 Å². The van der Waals surface area contributed by atoms with Crippen molar-refractivity contribution in [2.45, 2.75) is 19.9 Å². The molecule has 0 fully saturated rings. The highest BCUT2D eigenvalue weighted by Gasteiger charge is 2.19. The molecular formula is C15H17Cl2NOS. The van der Waals surface area contributed by atoms with Crippen LogP contribution in [0.3, 0.4) is 0 Å². The Balaban J connectivity index is 2.45. The summed E-state index contributed by atoms with van der Waals surface area (Å²) >= 11 is 13.7. The molecule has 1 heterocycles. The highest BCUT2D eigenvalue weighted by Crippen LogP contribution is 2.38. The molecule has 0 saturated carbocycles. The van der Waals surface area contributed by atoms with Crippen molar-refractivity contribution >= 4 is 34.5 Å². The van der Waals surface area contributed by atoms with Crippen LogP contribution >= 0.6 is 34.5 Å². The predicted molar refractivity (Wildman–Crippen MR) is 87.6 cm³/mol. The molecule has 1 aromatic carbocycles. The Hall–Kier alpha value is -0.740. The molecule has 1 N–H and O–H groups in total. The summed E-state index contributed by atoms with van der Waals surface area (Å²) in [5, 5.41) is 3.45. The molecule has 2 nitrogen and oxygen atoms in total. The molecule has 0 aliphatic carbocycles. The van der Waals surface area contributed by atoms with Gasteiger partial charge < -0.3 is 10.1 Å². The van der Waals surface area contributed by atoms with Crippen LogP contribution in [0.1, 0.15) is 29.7 Å². The Labute approximate surface area is 133 Å². The molecule has 1 unspecified atom stereocenters. The summed E-state index contributed by atoms with van der Waals surface area (Å²) in [6.45, 7) is 4.93. The Kier molecular flexibility index (Phi) is 5.33. The number of hydrogen-bond donors (Lipinski definition) is 1. The molecule has 108 valence electrons. The van der Waals surface area contributed by atoms with Gasteiger partial charge in [0, 0.05) is 5.56 Å². The first kappa shape index (κ1) is 15.6. The van der Waals surface area contributed by atoms with Gasteiger partial charge in [-0.15, -0.1) is 11.3 Å². The standard InChI is InChI=1S/C15H17Cl2NOS/c1-4-18-14(11-8-13(16)20-15(11)17)10-6-5-9(2)12(7-10)19-3/h5-8,14,18H,4H2,1-3H3. The third-order valence-electron chi connectivity index (χ3n) is 3.17. The van der Waals surface area contributed by atoms with E-state index in [0.29, 0.717) is 4.34 Å². The first-order valence-corrected chi connectivity index (χ1v) is 7.96. The average Bonchev–Trinajstić information content (AvgIpc) is 2.75. The molecule has 0 amide bonds. The monoisotopic (exact) mass is 329 g/mol. The Morgan fingerprint density at radius 3 is 2.60 bits per heavy atom. The van der Waals surface area contributed by atoms with Crippen LogP contribution in [0, 0.1) is 6.92 Å². The second-order valence-electron chi connectivity index (χ2n) is 4.50. The summed E-state index contributed by atoms with van der Waals surface area (Å²) < 4.78 is 6.82. The molecular weight excluding hydrogens is 313 g/mol. The van der Waals surface area contributed by atoms with E-state index in [4.69, 9.17) is 27.9 Å². The number of thiophene rings is 1. The molecule has 0 spiro atoms. The Bertz CT molecular complexity index is 598. The SMILES string of the molecule is CCNC(c1ccc(C)c(OC)c1)c1cc(Cl)sc1Cl. The average molecular weight is 330 g/mol. The maximum absolute atomic E-state index is 6.29.